The highest BCUT2D eigenvalue weighted by Crippen LogP contribution is 2.10. The van der Waals surface area contributed by atoms with Crippen LogP contribution in [0.5, 0.6) is 0 Å². The van der Waals surface area contributed by atoms with Gasteiger partial charge < -0.3 is 15.4 Å². The molecular formula is C9H16N4O2. The number of rotatable bonds is 4. The Labute approximate surface area is 88.4 Å². The lowest BCUT2D eigenvalue weighted by Crippen LogP contribution is -2.38. The number of nitrogens with zero attached hydrogens (tertiary/aromatic N) is 2. The van der Waals surface area contributed by atoms with Crippen LogP contribution in [0.2, 0.25) is 0 Å². The Balaban J connectivity index is 2.73. The molecule has 1 heterocycles. The normalized spacial score (nSPS) is 12.5. The minimum absolute atomic E-state index is 0.00907. The van der Waals surface area contributed by atoms with Crippen LogP contribution >= 0.6 is 0 Å². The van der Waals surface area contributed by atoms with Crippen molar-refractivity contribution in [2.24, 2.45) is 0 Å². The summed E-state index contributed by atoms with van der Waals surface area (Å²) in [6, 6.07) is -0.00907. The zero-order valence-corrected chi connectivity index (χ0v) is 9.15. The van der Waals surface area contributed by atoms with E-state index in [0.29, 0.717) is 18.0 Å². The Morgan fingerprint density at radius 3 is 2.93 bits per heavy atom. The highest BCUT2D eigenvalue weighted by atomic mass is 16.5. The van der Waals surface area contributed by atoms with E-state index in [9.17, 15) is 4.79 Å². The zero-order chi connectivity index (χ0) is 11.4. The lowest BCUT2D eigenvalue weighted by molar-refractivity contribution is 0.0629. The maximum absolute atomic E-state index is 11.9. The molecular weight excluding hydrogens is 196 g/mol. The van der Waals surface area contributed by atoms with Gasteiger partial charge in [0.05, 0.1) is 24.5 Å². The molecule has 0 bridgehead atoms. The molecule has 0 spiro atoms. The van der Waals surface area contributed by atoms with Gasteiger partial charge in [-0.3, -0.25) is 9.89 Å². The van der Waals surface area contributed by atoms with Gasteiger partial charge in [-0.15, -0.1) is 0 Å². The number of likely N-dealkylation sites (N-methyl/N-ethyl adjacent to an activating group) is 1. The van der Waals surface area contributed by atoms with Crippen molar-refractivity contribution in [3.8, 4) is 0 Å². The van der Waals surface area contributed by atoms with E-state index in [1.807, 2.05) is 6.92 Å². The number of hydrogen-bond donors (Lipinski definition) is 2. The second-order valence-corrected chi connectivity index (χ2v) is 3.42. The van der Waals surface area contributed by atoms with Crippen molar-refractivity contribution in [2.45, 2.75) is 13.0 Å². The molecule has 0 aliphatic carbocycles. The monoisotopic (exact) mass is 212 g/mol. The van der Waals surface area contributed by atoms with Crippen LogP contribution in [0.15, 0.2) is 6.20 Å². The first-order chi connectivity index (χ1) is 7.07. The first kappa shape index (κ1) is 11.5. The van der Waals surface area contributed by atoms with Gasteiger partial charge in [-0.1, -0.05) is 0 Å². The second-order valence-electron chi connectivity index (χ2n) is 3.42. The standard InChI is InChI=1S/C9H16N4O2/c1-6(5-15-3)13(2)9(14)8-7(10)4-11-12-8/h4,6H,5,10H2,1-3H3,(H,11,12). The maximum atomic E-state index is 11.9. The quantitative estimate of drug-likeness (QED) is 0.741. The number of aromatic amines is 1. The fourth-order valence-electron chi connectivity index (χ4n) is 1.20. The van der Waals surface area contributed by atoms with Crippen LogP contribution in [0, 0.1) is 0 Å². The van der Waals surface area contributed by atoms with Gasteiger partial charge in [0.25, 0.3) is 5.91 Å². The largest absolute Gasteiger partial charge is 0.396 e. The fourth-order valence-corrected chi connectivity index (χ4v) is 1.20. The van der Waals surface area contributed by atoms with Crippen LogP contribution in [0.4, 0.5) is 5.69 Å². The molecule has 0 radical (unpaired) electrons. The first-order valence-corrected chi connectivity index (χ1v) is 4.62. The summed E-state index contributed by atoms with van der Waals surface area (Å²) < 4.78 is 4.97. The predicted octanol–water partition coefficient (Wildman–Crippen LogP) is 0.0988. The Kier molecular flexibility index (Phi) is 3.68. The summed E-state index contributed by atoms with van der Waals surface area (Å²) in [4.78, 5) is 13.4. The van der Waals surface area contributed by atoms with E-state index in [0.717, 1.165) is 0 Å². The lowest BCUT2D eigenvalue weighted by Gasteiger charge is -2.23. The molecule has 0 fully saturated rings. The van der Waals surface area contributed by atoms with Crippen LogP contribution in [0.3, 0.4) is 0 Å². The highest BCUT2D eigenvalue weighted by Gasteiger charge is 2.20. The first-order valence-electron chi connectivity index (χ1n) is 4.62. The SMILES string of the molecule is COCC(C)N(C)C(=O)c1[nH]ncc1N. The summed E-state index contributed by atoms with van der Waals surface area (Å²) in [5, 5.41) is 6.28. The van der Waals surface area contributed by atoms with Crippen LogP contribution < -0.4 is 5.73 Å². The molecule has 3 N–H and O–H groups in total. The summed E-state index contributed by atoms with van der Waals surface area (Å²) in [5.74, 6) is -0.186. The van der Waals surface area contributed by atoms with Crippen molar-refractivity contribution in [2.75, 3.05) is 26.5 Å². The summed E-state index contributed by atoms with van der Waals surface area (Å²) in [7, 11) is 3.30. The lowest BCUT2D eigenvalue weighted by atomic mass is 10.2. The molecule has 1 unspecified atom stereocenters. The number of nitrogens with one attached hydrogen (secondary N) is 1. The van der Waals surface area contributed by atoms with Gasteiger partial charge >= 0.3 is 0 Å². The predicted molar refractivity (Wildman–Crippen MR) is 56.4 cm³/mol. The molecule has 0 saturated heterocycles. The second kappa shape index (κ2) is 4.79. The Morgan fingerprint density at radius 2 is 2.47 bits per heavy atom. The molecule has 6 heteroatoms. The van der Waals surface area contributed by atoms with Gasteiger partial charge in [0, 0.05) is 14.2 Å². The topological polar surface area (TPSA) is 84.2 Å². The Hall–Kier alpha value is -1.56. The van der Waals surface area contributed by atoms with Crippen LogP contribution in [-0.4, -0.2) is 47.8 Å². The summed E-state index contributed by atoms with van der Waals surface area (Å²) in [6.45, 7) is 2.38. The molecule has 1 rings (SSSR count). The van der Waals surface area contributed by atoms with Crippen molar-refractivity contribution >= 4 is 11.6 Å². The van der Waals surface area contributed by atoms with Gasteiger partial charge in [-0.25, -0.2) is 0 Å². The van der Waals surface area contributed by atoms with Gasteiger partial charge in [0.1, 0.15) is 5.69 Å². The van der Waals surface area contributed by atoms with Crippen molar-refractivity contribution in [1.82, 2.24) is 15.1 Å². The number of nitrogen functional groups attached to an aromatic ring is 1. The van der Waals surface area contributed by atoms with Crippen molar-refractivity contribution < 1.29 is 9.53 Å². The molecule has 84 valence electrons. The third kappa shape index (κ3) is 2.47. The number of carbonyl (C=O) groups excluding carboxylic acids is 1. The average Bonchev–Trinajstić information content (AvgIpc) is 2.62. The minimum Gasteiger partial charge on any atom is -0.396 e. The van der Waals surface area contributed by atoms with E-state index in [2.05, 4.69) is 10.2 Å². The highest BCUT2D eigenvalue weighted by molar-refractivity contribution is 5.96. The molecule has 1 atom stereocenters. The molecule has 15 heavy (non-hydrogen) atoms. The smallest absolute Gasteiger partial charge is 0.274 e. The molecule has 6 nitrogen and oxygen atoms in total. The molecule has 1 aromatic rings. The molecule has 0 aliphatic heterocycles. The Morgan fingerprint density at radius 1 is 1.80 bits per heavy atom. The average molecular weight is 212 g/mol. The molecule has 0 aliphatic rings. The van der Waals surface area contributed by atoms with Gasteiger partial charge in [-0.2, -0.15) is 5.10 Å². The van der Waals surface area contributed by atoms with Gasteiger partial charge in [-0.05, 0) is 6.92 Å². The van der Waals surface area contributed by atoms with E-state index in [-0.39, 0.29) is 11.9 Å². The number of amides is 1. The summed E-state index contributed by atoms with van der Waals surface area (Å²) in [5.41, 5.74) is 6.26. The summed E-state index contributed by atoms with van der Waals surface area (Å²) in [6.07, 6.45) is 1.42. The summed E-state index contributed by atoms with van der Waals surface area (Å²) >= 11 is 0. The van der Waals surface area contributed by atoms with E-state index >= 15 is 0 Å². The number of carbonyl (C=O) groups is 1. The third-order valence-corrected chi connectivity index (χ3v) is 2.27. The van der Waals surface area contributed by atoms with Gasteiger partial charge in [0.15, 0.2) is 0 Å². The molecule has 1 amide bonds. The van der Waals surface area contributed by atoms with E-state index in [1.54, 1.807) is 19.1 Å². The minimum atomic E-state index is -0.186. The van der Waals surface area contributed by atoms with Crippen LogP contribution in [0.1, 0.15) is 17.4 Å². The number of H-pyrrole nitrogens is 1. The van der Waals surface area contributed by atoms with Crippen molar-refractivity contribution in [3.63, 3.8) is 0 Å². The molecule has 0 aromatic carbocycles. The number of aromatic nitrogens is 2. The zero-order valence-electron chi connectivity index (χ0n) is 9.15. The van der Waals surface area contributed by atoms with E-state index in [1.165, 1.54) is 6.20 Å². The van der Waals surface area contributed by atoms with Crippen LogP contribution in [0.25, 0.3) is 0 Å². The van der Waals surface area contributed by atoms with Crippen LogP contribution in [-0.2, 0) is 4.74 Å². The fraction of sp³-hybridized carbons (Fsp3) is 0.556. The molecule has 0 saturated carbocycles. The molecule has 1 aromatic heterocycles. The van der Waals surface area contributed by atoms with E-state index < -0.39 is 0 Å². The van der Waals surface area contributed by atoms with Crippen molar-refractivity contribution in [1.29, 1.82) is 0 Å². The third-order valence-electron chi connectivity index (χ3n) is 2.27. The number of methoxy groups -OCH3 is 1. The number of ether oxygens (including phenoxy) is 1. The number of anilines is 1. The maximum Gasteiger partial charge on any atom is 0.274 e. The number of hydrogen-bond acceptors (Lipinski definition) is 4. The van der Waals surface area contributed by atoms with Gasteiger partial charge in [0.2, 0.25) is 0 Å². The Bertz CT molecular complexity index is 337. The van der Waals surface area contributed by atoms with Crippen molar-refractivity contribution in [3.05, 3.63) is 11.9 Å². The number of nitrogens with two attached hydrogens (primary N) is 1. The van der Waals surface area contributed by atoms with E-state index in [4.69, 9.17) is 10.5 Å².